The lowest BCUT2D eigenvalue weighted by Crippen LogP contribution is -2.53. The molecule has 0 saturated heterocycles. The SMILES string of the molecule is CCCNC(=O)C(CC)N(CCc1ccccc1)C(=O)CN(c1ccc(C)cc1)S(=O)(=O)c1ccc(C)cc1. The fourth-order valence-electron chi connectivity index (χ4n) is 4.34. The van der Waals surface area contributed by atoms with Crippen molar-refractivity contribution < 1.29 is 18.0 Å². The zero-order chi connectivity index (χ0) is 28.4. The third kappa shape index (κ3) is 7.93. The fraction of sp³-hybridized carbons (Fsp3) is 0.355. The predicted molar refractivity (Wildman–Crippen MR) is 156 cm³/mol. The lowest BCUT2D eigenvalue weighted by molar-refractivity contribution is -0.139. The van der Waals surface area contributed by atoms with E-state index in [0.29, 0.717) is 25.1 Å². The summed E-state index contributed by atoms with van der Waals surface area (Å²) in [4.78, 5) is 28.7. The van der Waals surface area contributed by atoms with Crippen LogP contribution >= 0.6 is 0 Å². The molecular weight excluding hydrogens is 510 g/mol. The average Bonchev–Trinajstić information content (AvgIpc) is 2.93. The van der Waals surface area contributed by atoms with Gasteiger partial charge in [-0.25, -0.2) is 8.42 Å². The van der Waals surface area contributed by atoms with Gasteiger partial charge in [-0.05, 0) is 62.9 Å². The minimum absolute atomic E-state index is 0.102. The first-order chi connectivity index (χ1) is 18.7. The van der Waals surface area contributed by atoms with Gasteiger partial charge in [0.15, 0.2) is 0 Å². The number of aryl methyl sites for hydroxylation is 2. The third-order valence-electron chi connectivity index (χ3n) is 6.63. The number of rotatable bonds is 13. The molecule has 0 aliphatic heterocycles. The van der Waals surface area contributed by atoms with E-state index in [9.17, 15) is 18.0 Å². The molecule has 208 valence electrons. The van der Waals surface area contributed by atoms with Crippen LogP contribution in [0.4, 0.5) is 5.69 Å². The second-order valence-electron chi connectivity index (χ2n) is 9.70. The summed E-state index contributed by atoms with van der Waals surface area (Å²) in [7, 11) is -4.06. The molecule has 0 aliphatic carbocycles. The van der Waals surface area contributed by atoms with Crippen LogP contribution in [-0.2, 0) is 26.0 Å². The highest BCUT2D eigenvalue weighted by atomic mass is 32.2. The van der Waals surface area contributed by atoms with Crippen LogP contribution in [0.5, 0.6) is 0 Å². The fourth-order valence-corrected chi connectivity index (χ4v) is 5.75. The van der Waals surface area contributed by atoms with E-state index in [1.54, 1.807) is 36.4 Å². The maximum Gasteiger partial charge on any atom is 0.264 e. The first-order valence-electron chi connectivity index (χ1n) is 13.4. The van der Waals surface area contributed by atoms with E-state index in [2.05, 4.69) is 5.32 Å². The summed E-state index contributed by atoms with van der Waals surface area (Å²) in [6.45, 7) is 8.00. The number of carbonyl (C=O) groups is 2. The highest BCUT2D eigenvalue weighted by molar-refractivity contribution is 7.92. The van der Waals surface area contributed by atoms with E-state index < -0.39 is 28.5 Å². The van der Waals surface area contributed by atoms with Crippen LogP contribution in [0.1, 0.15) is 43.4 Å². The number of carbonyl (C=O) groups excluding carboxylic acids is 2. The maximum absolute atomic E-state index is 14.0. The Bertz CT molecular complexity index is 1320. The van der Waals surface area contributed by atoms with Gasteiger partial charge in [0, 0.05) is 13.1 Å². The van der Waals surface area contributed by atoms with Gasteiger partial charge in [-0.2, -0.15) is 0 Å². The molecule has 39 heavy (non-hydrogen) atoms. The van der Waals surface area contributed by atoms with E-state index in [0.717, 1.165) is 27.4 Å². The molecule has 3 aromatic rings. The first kappa shape index (κ1) is 29.9. The van der Waals surface area contributed by atoms with Crippen molar-refractivity contribution in [3.8, 4) is 0 Å². The van der Waals surface area contributed by atoms with Crippen molar-refractivity contribution in [2.75, 3.05) is 23.9 Å². The van der Waals surface area contributed by atoms with E-state index in [1.807, 2.05) is 70.2 Å². The normalized spacial score (nSPS) is 12.0. The van der Waals surface area contributed by atoms with E-state index in [-0.39, 0.29) is 17.3 Å². The second kappa shape index (κ2) is 13.9. The summed E-state index contributed by atoms with van der Waals surface area (Å²) in [5.74, 6) is -0.662. The van der Waals surface area contributed by atoms with Gasteiger partial charge in [0.25, 0.3) is 10.0 Å². The molecule has 8 heteroatoms. The highest BCUT2D eigenvalue weighted by Gasteiger charge is 2.33. The van der Waals surface area contributed by atoms with Gasteiger partial charge in [0.05, 0.1) is 10.6 Å². The Hall–Kier alpha value is -3.65. The number of amides is 2. The van der Waals surface area contributed by atoms with Crippen molar-refractivity contribution in [2.24, 2.45) is 0 Å². The molecular formula is C31H39N3O4S. The number of sulfonamides is 1. The predicted octanol–water partition coefficient (Wildman–Crippen LogP) is 4.87. The van der Waals surface area contributed by atoms with E-state index >= 15 is 0 Å². The maximum atomic E-state index is 14.0. The van der Waals surface area contributed by atoms with E-state index in [1.165, 1.54) is 4.90 Å². The molecule has 2 amide bonds. The van der Waals surface area contributed by atoms with Gasteiger partial charge >= 0.3 is 0 Å². The molecule has 1 atom stereocenters. The van der Waals surface area contributed by atoms with Crippen LogP contribution in [-0.4, -0.2) is 50.8 Å². The van der Waals surface area contributed by atoms with Crippen LogP contribution in [0.3, 0.4) is 0 Å². The molecule has 0 fully saturated rings. The number of benzene rings is 3. The molecule has 0 aromatic heterocycles. The Morgan fingerprint density at radius 2 is 1.44 bits per heavy atom. The average molecular weight is 550 g/mol. The molecule has 0 saturated carbocycles. The summed E-state index contributed by atoms with van der Waals surface area (Å²) >= 11 is 0. The Morgan fingerprint density at radius 3 is 2.00 bits per heavy atom. The molecule has 0 bridgehead atoms. The van der Waals surface area contributed by atoms with Crippen LogP contribution < -0.4 is 9.62 Å². The quantitative estimate of drug-likeness (QED) is 0.329. The highest BCUT2D eigenvalue weighted by Crippen LogP contribution is 2.25. The van der Waals surface area contributed by atoms with Crippen LogP contribution in [0, 0.1) is 13.8 Å². The number of hydrogen-bond acceptors (Lipinski definition) is 4. The summed E-state index contributed by atoms with van der Waals surface area (Å²) < 4.78 is 28.9. The van der Waals surface area contributed by atoms with Crippen molar-refractivity contribution in [1.82, 2.24) is 10.2 Å². The van der Waals surface area contributed by atoms with Crippen molar-refractivity contribution in [2.45, 2.75) is 57.9 Å². The van der Waals surface area contributed by atoms with Gasteiger partial charge in [-0.3, -0.25) is 13.9 Å². The molecule has 0 aliphatic rings. The lowest BCUT2D eigenvalue weighted by atomic mass is 10.1. The monoisotopic (exact) mass is 549 g/mol. The summed E-state index contributed by atoms with van der Waals surface area (Å²) in [5.41, 5.74) is 3.33. The standard InChI is InChI=1S/C31H39N3O4S/c1-5-21-32-31(36)29(6-2)33(22-20-26-10-8-7-9-11-26)30(35)23-34(27-16-12-24(3)13-17-27)39(37,38)28-18-14-25(4)15-19-28/h7-19,29H,5-6,20-23H2,1-4H3,(H,32,36). The molecule has 0 spiro atoms. The number of anilines is 1. The van der Waals surface area contributed by atoms with Crippen molar-refractivity contribution >= 4 is 27.5 Å². The molecule has 1 unspecified atom stereocenters. The molecule has 0 radical (unpaired) electrons. The largest absolute Gasteiger partial charge is 0.354 e. The Balaban J connectivity index is 1.99. The minimum Gasteiger partial charge on any atom is -0.354 e. The van der Waals surface area contributed by atoms with Gasteiger partial charge in [0.2, 0.25) is 11.8 Å². The van der Waals surface area contributed by atoms with Crippen LogP contribution in [0.25, 0.3) is 0 Å². The molecule has 0 heterocycles. The van der Waals surface area contributed by atoms with Gasteiger partial charge in [-0.1, -0.05) is 79.6 Å². The van der Waals surface area contributed by atoms with Gasteiger partial charge in [0.1, 0.15) is 12.6 Å². The minimum atomic E-state index is -4.06. The topological polar surface area (TPSA) is 86.8 Å². The Morgan fingerprint density at radius 1 is 0.846 bits per heavy atom. The van der Waals surface area contributed by atoms with Gasteiger partial charge < -0.3 is 10.2 Å². The molecule has 7 nitrogen and oxygen atoms in total. The zero-order valence-electron chi connectivity index (χ0n) is 23.3. The Kier molecular flexibility index (Phi) is 10.7. The zero-order valence-corrected chi connectivity index (χ0v) is 24.1. The van der Waals surface area contributed by atoms with Crippen LogP contribution in [0.15, 0.2) is 83.8 Å². The number of hydrogen-bond donors (Lipinski definition) is 1. The van der Waals surface area contributed by atoms with Crippen molar-refractivity contribution in [1.29, 1.82) is 0 Å². The van der Waals surface area contributed by atoms with Crippen molar-refractivity contribution in [3.05, 3.63) is 95.6 Å². The number of nitrogens with zero attached hydrogens (tertiary/aromatic N) is 2. The smallest absolute Gasteiger partial charge is 0.264 e. The summed E-state index contributed by atoms with van der Waals surface area (Å²) in [6.07, 6.45) is 1.72. The van der Waals surface area contributed by atoms with Gasteiger partial charge in [-0.15, -0.1) is 0 Å². The van der Waals surface area contributed by atoms with Crippen LogP contribution in [0.2, 0.25) is 0 Å². The van der Waals surface area contributed by atoms with Crippen molar-refractivity contribution in [3.63, 3.8) is 0 Å². The second-order valence-corrected chi connectivity index (χ2v) is 11.6. The van der Waals surface area contributed by atoms with E-state index in [4.69, 9.17) is 0 Å². The Labute approximate surface area is 232 Å². The molecule has 3 rings (SSSR count). The summed E-state index contributed by atoms with van der Waals surface area (Å²) in [6, 6.07) is 22.6. The molecule has 1 N–H and O–H groups in total. The lowest BCUT2D eigenvalue weighted by Gasteiger charge is -2.33. The first-order valence-corrected chi connectivity index (χ1v) is 14.9. The molecule has 3 aromatic carbocycles. The third-order valence-corrected chi connectivity index (χ3v) is 8.42. The summed E-state index contributed by atoms with van der Waals surface area (Å²) in [5, 5.41) is 2.90. The number of nitrogens with one attached hydrogen (secondary N) is 1.